The number of hydrogen-bond donors (Lipinski definition) is 1. The summed E-state index contributed by atoms with van der Waals surface area (Å²) in [6.07, 6.45) is 0. The Balaban J connectivity index is 1.73. The maximum Gasteiger partial charge on any atom is 0.325 e. The standard InChI is InChI=1S/C24H29N3O5/c1-5-26(15-17-12-13-19(32-6-2)20(14-17)31-4)21(28)16-27-22(29)24(3,25-23(27)30)18-10-8-7-9-11-18/h7-14H,5-6,15-16H2,1-4H3,(H,25,30)/t24-/m1/s1. The van der Waals surface area contributed by atoms with Crippen molar-refractivity contribution >= 4 is 17.8 Å². The average molecular weight is 440 g/mol. The van der Waals surface area contributed by atoms with Crippen molar-refractivity contribution in [3.8, 4) is 11.5 Å². The molecule has 0 aliphatic carbocycles. The van der Waals surface area contributed by atoms with Crippen LogP contribution in [0.1, 0.15) is 31.9 Å². The highest BCUT2D eigenvalue weighted by Crippen LogP contribution is 2.30. The van der Waals surface area contributed by atoms with Crippen LogP contribution < -0.4 is 14.8 Å². The lowest BCUT2D eigenvalue weighted by Crippen LogP contribution is -2.44. The van der Waals surface area contributed by atoms with Crippen molar-refractivity contribution in [2.24, 2.45) is 0 Å². The highest BCUT2D eigenvalue weighted by atomic mass is 16.5. The fourth-order valence-corrected chi connectivity index (χ4v) is 3.72. The third-order valence-electron chi connectivity index (χ3n) is 5.56. The number of likely N-dealkylation sites (N-methyl/N-ethyl adjacent to an activating group) is 1. The number of benzene rings is 2. The molecule has 0 radical (unpaired) electrons. The van der Waals surface area contributed by atoms with E-state index in [1.165, 1.54) is 0 Å². The molecule has 2 aromatic rings. The molecule has 0 saturated carbocycles. The molecule has 1 aliphatic rings. The van der Waals surface area contributed by atoms with Crippen molar-refractivity contribution in [3.05, 3.63) is 59.7 Å². The number of hydrogen-bond acceptors (Lipinski definition) is 5. The van der Waals surface area contributed by atoms with E-state index in [0.29, 0.717) is 36.8 Å². The van der Waals surface area contributed by atoms with Gasteiger partial charge in [0.1, 0.15) is 12.1 Å². The van der Waals surface area contributed by atoms with Crippen LogP contribution in [0.5, 0.6) is 11.5 Å². The van der Waals surface area contributed by atoms with Crippen LogP contribution in [0.2, 0.25) is 0 Å². The van der Waals surface area contributed by atoms with Crippen LogP contribution in [-0.2, 0) is 21.7 Å². The van der Waals surface area contributed by atoms with Crippen molar-refractivity contribution < 1.29 is 23.9 Å². The molecule has 170 valence electrons. The van der Waals surface area contributed by atoms with Crippen molar-refractivity contribution in [2.75, 3.05) is 26.8 Å². The first-order valence-electron chi connectivity index (χ1n) is 10.6. The minimum atomic E-state index is -1.20. The number of nitrogens with zero attached hydrogens (tertiary/aromatic N) is 2. The van der Waals surface area contributed by atoms with Gasteiger partial charge < -0.3 is 19.7 Å². The van der Waals surface area contributed by atoms with E-state index in [4.69, 9.17) is 9.47 Å². The SMILES string of the molecule is CCOc1ccc(CN(CC)C(=O)CN2C(=O)N[C@](C)(c3ccccc3)C2=O)cc1OC. The van der Waals surface area contributed by atoms with E-state index in [9.17, 15) is 14.4 Å². The molecular formula is C24H29N3O5. The molecule has 8 nitrogen and oxygen atoms in total. The number of amides is 4. The highest BCUT2D eigenvalue weighted by molar-refractivity contribution is 6.09. The summed E-state index contributed by atoms with van der Waals surface area (Å²) in [5.41, 5.74) is 0.326. The van der Waals surface area contributed by atoms with Crippen LogP contribution in [0.4, 0.5) is 4.79 Å². The zero-order chi connectivity index (χ0) is 23.3. The first kappa shape index (κ1) is 23.1. The summed E-state index contributed by atoms with van der Waals surface area (Å²) in [5.74, 6) is 0.454. The summed E-state index contributed by atoms with van der Waals surface area (Å²) < 4.78 is 10.9. The molecule has 1 atom stereocenters. The molecule has 32 heavy (non-hydrogen) atoms. The van der Waals surface area contributed by atoms with E-state index in [1.807, 2.05) is 32.0 Å². The van der Waals surface area contributed by atoms with Crippen LogP contribution in [0.25, 0.3) is 0 Å². The minimum Gasteiger partial charge on any atom is -0.493 e. The Bertz CT molecular complexity index is 994. The molecule has 3 rings (SSSR count). The Labute approximate surface area is 188 Å². The van der Waals surface area contributed by atoms with Gasteiger partial charge in [-0.2, -0.15) is 0 Å². The van der Waals surface area contributed by atoms with Gasteiger partial charge in [-0.25, -0.2) is 4.79 Å². The summed E-state index contributed by atoms with van der Waals surface area (Å²) in [6, 6.07) is 13.9. The fraction of sp³-hybridized carbons (Fsp3) is 0.375. The van der Waals surface area contributed by atoms with Gasteiger partial charge in [-0.05, 0) is 44.0 Å². The number of methoxy groups -OCH3 is 1. The Morgan fingerprint density at radius 1 is 1.09 bits per heavy atom. The Morgan fingerprint density at radius 3 is 2.44 bits per heavy atom. The molecule has 1 saturated heterocycles. The minimum absolute atomic E-state index is 0.317. The topological polar surface area (TPSA) is 88.2 Å². The second-order valence-electron chi connectivity index (χ2n) is 7.64. The second kappa shape index (κ2) is 9.72. The molecule has 2 aromatic carbocycles. The molecule has 4 amide bonds. The van der Waals surface area contributed by atoms with Crippen molar-refractivity contribution in [3.63, 3.8) is 0 Å². The number of carbonyl (C=O) groups is 3. The number of urea groups is 1. The number of ether oxygens (including phenoxy) is 2. The lowest BCUT2D eigenvalue weighted by atomic mass is 9.92. The van der Waals surface area contributed by atoms with Crippen molar-refractivity contribution in [1.29, 1.82) is 0 Å². The molecular weight excluding hydrogens is 410 g/mol. The quantitative estimate of drug-likeness (QED) is 0.607. The van der Waals surface area contributed by atoms with Gasteiger partial charge in [0.05, 0.1) is 13.7 Å². The van der Waals surface area contributed by atoms with E-state index < -0.39 is 17.5 Å². The average Bonchev–Trinajstić information content (AvgIpc) is 3.02. The Kier molecular flexibility index (Phi) is 7.02. The van der Waals surface area contributed by atoms with Gasteiger partial charge in [0, 0.05) is 13.1 Å². The summed E-state index contributed by atoms with van der Waals surface area (Å²) in [4.78, 5) is 41.2. The van der Waals surface area contributed by atoms with Gasteiger partial charge in [-0.15, -0.1) is 0 Å². The molecule has 0 bridgehead atoms. The van der Waals surface area contributed by atoms with E-state index in [2.05, 4.69) is 5.32 Å². The molecule has 0 unspecified atom stereocenters. The molecule has 0 spiro atoms. The number of imide groups is 1. The summed E-state index contributed by atoms with van der Waals surface area (Å²) >= 11 is 0. The van der Waals surface area contributed by atoms with E-state index >= 15 is 0 Å². The van der Waals surface area contributed by atoms with Gasteiger partial charge in [0.25, 0.3) is 5.91 Å². The van der Waals surface area contributed by atoms with E-state index in [0.717, 1.165) is 10.5 Å². The van der Waals surface area contributed by atoms with Gasteiger partial charge in [-0.3, -0.25) is 14.5 Å². The van der Waals surface area contributed by atoms with Crippen LogP contribution in [0, 0.1) is 0 Å². The zero-order valence-corrected chi connectivity index (χ0v) is 18.9. The second-order valence-corrected chi connectivity index (χ2v) is 7.64. The Morgan fingerprint density at radius 2 is 1.81 bits per heavy atom. The lowest BCUT2D eigenvalue weighted by molar-refractivity contribution is -0.139. The van der Waals surface area contributed by atoms with Gasteiger partial charge >= 0.3 is 6.03 Å². The largest absolute Gasteiger partial charge is 0.493 e. The third-order valence-corrected chi connectivity index (χ3v) is 5.56. The summed E-state index contributed by atoms with van der Waals surface area (Å²) in [7, 11) is 1.56. The van der Waals surface area contributed by atoms with E-state index in [-0.39, 0.29) is 12.5 Å². The molecule has 0 aromatic heterocycles. The maximum absolute atomic E-state index is 13.1. The monoisotopic (exact) mass is 439 g/mol. The maximum atomic E-state index is 13.1. The fourth-order valence-electron chi connectivity index (χ4n) is 3.72. The number of carbonyl (C=O) groups excluding carboxylic acids is 3. The third kappa shape index (κ3) is 4.54. The van der Waals surface area contributed by atoms with Gasteiger partial charge in [0.15, 0.2) is 11.5 Å². The molecule has 1 fully saturated rings. The van der Waals surface area contributed by atoms with Crippen molar-refractivity contribution in [1.82, 2.24) is 15.1 Å². The van der Waals surface area contributed by atoms with Crippen LogP contribution >= 0.6 is 0 Å². The van der Waals surface area contributed by atoms with E-state index in [1.54, 1.807) is 49.3 Å². The first-order chi connectivity index (χ1) is 15.3. The molecule has 1 N–H and O–H groups in total. The first-order valence-corrected chi connectivity index (χ1v) is 10.6. The predicted molar refractivity (Wildman–Crippen MR) is 119 cm³/mol. The highest BCUT2D eigenvalue weighted by Gasteiger charge is 2.49. The Hall–Kier alpha value is -3.55. The predicted octanol–water partition coefficient (Wildman–Crippen LogP) is 2.91. The zero-order valence-electron chi connectivity index (χ0n) is 18.9. The molecule has 1 aliphatic heterocycles. The molecule has 8 heteroatoms. The van der Waals surface area contributed by atoms with Gasteiger partial charge in [0.2, 0.25) is 5.91 Å². The summed E-state index contributed by atoms with van der Waals surface area (Å²) in [6.45, 7) is 6.33. The number of nitrogens with one attached hydrogen (secondary N) is 1. The number of rotatable bonds is 9. The normalized spacial score (nSPS) is 17.8. The van der Waals surface area contributed by atoms with Crippen LogP contribution in [0.15, 0.2) is 48.5 Å². The van der Waals surface area contributed by atoms with Gasteiger partial charge in [-0.1, -0.05) is 36.4 Å². The summed E-state index contributed by atoms with van der Waals surface area (Å²) in [5, 5.41) is 2.73. The van der Waals surface area contributed by atoms with Crippen LogP contribution in [0.3, 0.4) is 0 Å². The van der Waals surface area contributed by atoms with Crippen LogP contribution in [-0.4, -0.2) is 54.5 Å². The molecule has 1 heterocycles. The lowest BCUT2D eigenvalue weighted by Gasteiger charge is -2.25. The smallest absolute Gasteiger partial charge is 0.325 e. The van der Waals surface area contributed by atoms with Crippen molar-refractivity contribution in [2.45, 2.75) is 32.9 Å².